The van der Waals surface area contributed by atoms with Crippen LogP contribution in [0.15, 0.2) is 0 Å². The van der Waals surface area contributed by atoms with Gasteiger partial charge in [0.05, 0.1) is 13.2 Å². The molecule has 0 amide bonds. The molecule has 1 aliphatic rings. The number of carboxylic acid groups (broad SMARTS) is 1. The van der Waals surface area contributed by atoms with Gasteiger partial charge in [0.2, 0.25) is 0 Å². The van der Waals surface area contributed by atoms with Crippen LogP contribution in [0.5, 0.6) is 0 Å². The summed E-state index contributed by atoms with van der Waals surface area (Å²) in [6.45, 7) is 3.32. The van der Waals surface area contributed by atoms with Crippen LogP contribution in [0.4, 0.5) is 8.78 Å². The summed E-state index contributed by atoms with van der Waals surface area (Å²) in [5.74, 6) is -4.42. The lowest BCUT2D eigenvalue weighted by Crippen LogP contribution is -2.54. The summed E-state index contributed by atoms with van der Waals surface area (Å²) in [5, 5.41) is 9.08. The van der Waals surface area contributed by atoms with E-state index in [0.717, 1.165) is 0 Å². The van der Waals surface area contributed by atoms with Crippen LogP contribution in [0.1, 0.15) is 33.1 Å². The van der Waals surface area contributed by atoms with Crippen LogP contribution in [0.25, 0.3) is 0 Å². The lowest BCUT2D eigenvalue weighted by molar-refractivity contribution is -0.218. The molecular formula is C11H18F2O3. The minimum absolute atomic E-state index is 0.0347. The molecule has 5 heteroatoms. The Balaban J connectivity index is 2.89. The van der Waals surface area contributed by atoms with Crippen molar-refractivity contribution in [3.05, 3.63) is 0 Å². The number of hydrogen-bond donors (Lipinski definition) is 1. The van der Waals surface area contributed by atoms with Crippen molar-refractivity contribution in [2.75, 3.05) is 13.2 Å². The first-order valence-corrected chi connectivity index (χ1v) is 5.51. The number of alkyl halides is 2. The van der Waals surface area contributed by atoms with E-state index >= 15 is 0 Å². The van der Waals surface area contributed by atoms with Crippen LogP contribution < -0.4 is 0 Å². The Hall–Kier alpha value is -0.710. The van der Waals surface area contributed by atoms with E-state index in [4.69, 9.17) is 9.84 Å². The minimum Gasteiger partial charge on any atom is -0.481 e. The number of rotatable bonds is 4. The average Bonchev–Trinajstić information content (AvgIpc) is 2.15. The van der Waals surface area contributed by atoms with Crippen molar-refractivity contribution in [2.24, 2.45) is 11.3 Å². The van der Waals surface area contributed by atoms with E-state index in [1.54, 1.807) is 0 Å². The monoisotopic (exact) mass is 236 g/mol. The molecule has 1 rings (SSSR count). The third-order valence-corrected chi connectivity index (χ3v) is 3.17. The van der Waals surface area contributed by atoms with E-state index in [1.165, 1.54) is 0 Å². The van der Waals surface area contributed by atoms with Gasteiger partial charge in [0, 0.05) is 6.42 Å². The zero-order chi connectivity index (χ0) is 12.4. The van der Waals surface area contributed by atoms with Crippen LogP contribution in [-0.4, -0.2) is 30.2 Å². The van der Waals surface area contributed by atoms with Crippen molar-refractivity contribution in [2.45, 2.75) is 39.0 Å². The number of aliphatic carboxylic acids is 1. The predicted molar refractivity (Wildman–Crippen MR) is 54.5 cm³/mol. The van der Waals surface area contributed by atoms with E-state index in [1.807, 2.05) is 13.8 Å². The second-order valence-corrected chi connectivity index (χ2v) is 4.83. The van der Waals surface area contributed by atoms with Crippen molar-refractivity contribution >= 4 is 5.97 Å². The SMILES string of the molecule is CC(C)CCC1(C(=O)O)COCCC1(F)F. The Bertz CT molecular complexity index is 266. The molecule has 16 heavy (non-hydrogen) atoms. The first-order chi connectivity index (χ1) is 7.32. The summed E-state index contributed by atoms with van der Waals surface area (Å²) in [5.41, 5.74) is -2.03. The van der Waals surface area contributed by atoms with Gasteiger partial charge >= 0.3 is 5.97 Å². The largest absolute Gasteiger partial charge is 0.481 e. The molecule has 1 unspecified atom stereocenters. The number of hydrogen-bond acceptors (Lipinski definition) is 2. The number of carboxylic acids is 1. The Morgan fingerprint density at radius 2 is 2.12 bits per heavy atom. The summed E-state index contributed by atoms with van der Waals surface area (Å²) in [6.07, 6.45) is -0.0738. The standard InChI is InChI=1S/C11H18F2O3/c1-8(2)3-4-10(9(14)15)7-16-6-5-11(10,12)13/h8H,3-7H2,1-2H3,(H,14,15). The van der Waals surface area contributed by atoms with Gasteiger partial charge in [0.25, 0.3) is 5.92 Å². The summed E-state index contributed by atoms with van der Waals surface area (Å²) in [7, 11) is 0. The Morgan fingerprint density at radius 3 is 2.56 bits per heavy atom. The van der Waals surface area contributed by atoms with Crippen molar-refractivity contribution in [1.29, 1.82) is 0 Å². The van der Waals surface area contributed by atoms with Gasteiger partial charge in [0.15, 0.2) is 5.41 Å². The van der Waals surface area contributed by atoms with Gasteiger partial charge < -0.3 is 9.84 Å². The first kappa shape index (κ1) is 13.4. The smallest absolute Gasteiger partial charge is 0.318 e. The van der Waals surface area contributed by atoms with Crippen molar-refractivity contribution in [3.63, 3.8) is 0 Å². The Kier molecular flexibility index (Phi) is 3.88. The second-order valence-electron chi connectivity index (χ2n) is 4.83. The molecule has 0 radical (unpaired) electrons. The molecule has 0 aromatic carbocycles. The van der Waals surface area contributed by atoms with Gasteiger partial charge in [-0.25, -0.2) is 8.78 Å². The topological polar surface area (TPSA) is 46.5 Å². The van der Waals surface area contributed by atoms with Crippen LogP contribution in [0.3, 0.4) is 0 Å². The zero-order valence-corrected chi connectivity index (χ0v) is 9.63. The summed E-state index contributed by atoms with van der Waals surface area (Å²) >= 11 is 0. The Morgan fingerprint density at radius 1 is 1.50 bits per heavy atom. The number of ether oxygens (including phenoxy) is 1. The van der Waals surface area contributed by atoms with Crippen LogP contribution in [-0.2, 0) is 9.53 Å². The third-order valence-electron chi connectivity index (χ3n) is 3.17. The molecule has 0 aromatic rings. The second kappa shape index (κ2) is 4.65. The van der Waals surface area contributed by atoms with Gasteiger partial charge in [0.1, 0.15) is 0 Å². The summed E-state index contributed by atoms with van der Waals surface area (Å²) < 4.78 is 32.5. The zero-order valence-electron chi connectivity index (χ0n) is 9.63. The molecule has 1 atom stereocenters. The molecule has 0 aliphatic carbocycles. The van der Waals surface area contributed by atoms with Gasteiger partial charge in [-0.15, -0.1) is 0 Å². The van der Waals surface area contributed by atoms with E-state index < -0.39 is 23.7 Å². The third kappa shape index (κ3) is 2.34. The average molecular weight is 236 g/mol. The Labute approximate surface area is 93.8 Å². The number of halogens is 2. The fraction of sp³-hybridized carbons (Fsp3) is 0.909. The molecule has 1 fully saturated rings. The van der Waals surface area contributed by atoms with Crippen molar-refractivity contribution in [1.82, 2.24) is 0 Å². The maximum atomic E-state index is 13.8. The van der Waals surface area contributed by atoms with Gasteiger partial charge in [-0.3, -0.25) is 4.79 Å². The number of carbonyl (C=O) groups is 1. The molecule has 3 nitrogen and oxygen atoms in total. The summed E-state index contributed by atoms with van der Waals surface area (Å²) in [4.78, 5) is 11.1. The molecule has 1 saturated heterocycles. The van der Waals surface area contributed by atoms with Gasteiger partial charge in [-0.2, -0.15) is 0 Å². The maximum absolute atomic E-state index is 13.8. The highest BCUT2D eigenvalue weighted by atomic mass is 19.3. The van der Waals surface area contributed by atoms with E-state index in [0.29, 0.717) is 6.42 Å². The summed E-state index contributed by atoms with van der Waals surface area (Å²) in [6, 6.07) is 0. The minimum atomic E-state index is -3.17. The molecule has 1 heterocycles. The normalized spacial score (nSPS) is 29.3. The van der Waals surface area contributed by atoms with E-state index in [2.05, 4.69) is 0 Å². The highest BCUT2D eigenvalue weighted by Gasteiger charge is 2.60. The lowest BCUT2D eigenvalue weighted by Gasteiger charge is -2.40. The fourth-order valence-corrected chi connectivity index (χ4v) is 1.91. The van der Waals surface area contributed by atoms with E-state index in [9.17, 15) is 13.6 Å². The molecule has 1 aliphatic heterocycles. The van der Waals surface area contributed by atoms with Crippen LogP contribution >= 0.6 is 0 Å². The van der Waals surface area contributed by atoms with Crippen LogP contribution in [0, 0.1) is 11.3 Å². The first-order valence-electron chi connectivity index (χ1n) is 5.51. The molecule has 0 bridgehead atoms. The molecule has 1 N–H and O–H groups in total. The molecule has 0 aromatic heterocycles. The molecule has 0 saturated carbocycles. The molecule has 0 spiro atoms. The van der Waals surface area contributed by atoms with Crippen LogP contribution in [0.2, 0.25) is 0 Å². The lowest BCUT2D eigenvalue weighted by atomic mass is 9.74. The quantitative estimate of drug-likeness (QED) is 0.816. The highest BCUT2D eigenvalue weighted by Crippen LogP contribution is 2.46. The highest BCUT2D eigenvalue weighted by molar-refractivity contribution is 5.76. The maximum Gasteiger partial charge on any atom is 0.318 e. The van der Waals surface area contributed by atoms with Gasteiger partial charge in [-0.05, 0) is 18.8 Å². The van der Waals surface area contributed by atoms with Gasteiger partial charge in [-0.1, -0.05) is 13.8 Å². The molecular weight excluding hydrogens is 218 g/mol. The predicted octanol–water partition coefficient (Wildman–Crippen LogP) is 2.55. The van der Waals surface area contributed by atoms with E-state index in [-0.39, 0.29) is 25.6 Å². The fourth-order valence-electron chi connectivity index (χ4n) is 1.91. The van der Waals surface area contributed by atoms with Crippen molar-refractivity contribution < 1.29 is 23.4 Å². The molecule has 94 valence electrons. The van der Waals surface area contributed by atoms with Crippen molar-refractivity contribution in [3.8, 4) is 0 Å².